The second-order valence-electron chi connectivity index (χ2n) is 6.89. The van der Waals surface area contributed by atoms with E-state index in [0.29, 0.717) is 35.1 Å². The maximum absolute atomic E-state index is 12.8. The number of carbonyl (C=O) groups excluding carboxylic acids is 1. The maximum atomic E-state index is 12.8. The van der Waals surface area contributed by atoms with Crippen LogP contribution >= 0.6 is 0 Å². The molecule has 0 heterocycles. The van der Waals surface area contributed by atoms with Crippen LogP contribution in [0.2, 0.25) is 0 Å². The molecular weight excluding hydrogens is 434 g/mol. The van der Waals surface area contributed by atoms with Crippen LogP contribution in [0, 0.1) is 0 Å². The van der Waals surface area contributed by atoms with Crippen molar-refractivity contribution in [2.45, 2.75) is 26.3 Å². The van der Waals surface area contributed by atoms with Gasteiger partial charge in [-0.15, -0.1) is 0 Å². The van der Waals surface area contributed by atoms with E-state index in [4.69, 9.17) is 14.2 Å². The van der Waals surface area contributed by atoms with Crippen LogP contribution in [0.4, 0.5) is 5.69 Å². The summed E-state index contributed by atoms with van der Waals surface area (Å²) in [6, 6.07) is 10.7. The van der Waals surface area contributed by atoms with Crippen molar-refractivity contribution < 1.29 is 27.4 Å². The molecule has 2 aromatic rings. The van der Waals surface area contributed by atoms with Crippen molar-refractivity contribution in [2.24, 2.45) is 5.10 Å². The molecule has 0 aliphatic heterocycles. The molecular formula is C22H29N3O6S. The van der Waals surface area contributed by atoms with E-state index in [9.17, 15) is 13.2 Å². The molecule has 1 N–H and O–H groups in total. The summed E-state index contributed by atoms with van der Waals surface area (Å²) in [5, 5.41) is 4.23. The SMILES string of the molecule is CCC(=NNC(=O)C(C)N(c1ccc(OC)cc1)S(C)(=O)=O)c1ccc(OC)c(OC)c1. The van der Waals surface area contributed by atoms with Gasteiger partial charge < -0.3 is 14.2 Å². The van der Waals surface area contributed by atoms with E-state index in [1.807, 2.05) is 6.92 Å². The van der Waals surface area contributed by atoms with Gasteiger partial charge in [0.05, 0.1) is 39.0 Å². The van der Waals surface area contributed by atoms with E-state index < -0.39 is 22.0 Å². The maximum Gasteiger partial charge on any atom is 0.263 e. The van der Waals surface area contributed by atoms with Gasteiger partial charge in [-0.1, -0.05) is 6.92 Å². The Morgan fingerprint density at radius 3 is 2.16 bits per heavy atom. The lowest BCUT2D eigenvalue weighted by Crippen LogP contribution is -2.47. The molecule has 0 bridgehead atoms. The van der Waals surface area contributed by atoms with Gasteiger partial charge in [0.15, 0.2) is 11.5 Å². The molecule has 32 heavy (non-hydrogen) atoms. The number of sulfonamides is 1. The summed E-state index contributed by atoms with van der Waals surface area (Å²) in [5.74, 6) is 1.12. The highest BCUT2D eigenvalue weighted by atomic mass is 32.2. The first-order valence-electron chi connectivity index (χ1n) is 9.88. The van der Waals surface area contributed by atoms with E-state index in [2.05, 4.69) is 10.5 Å². The molecule has 174 valence electrons. The number of rotatable bonds is 10. The molecule has 0 aliphatic carbocycles. The highest BCUT2D eigenvalue weighted by molar-refractivity contribution is 7.92. The Morgan fingerprint density at radius 2 is 1.66 bits per heavy atom. The highest BCUT2D eigenvalue weighted by Crippen LogP contribution is 2.28. The minimum absolute atomic E-state index is 0.343. The van der Waals surface area contributed by atoms with Gasteiger partial charge in [-0.3, -0.25) is 9.10 Å². The number of benzene rings is 2. The summed E-state index contributed by atoms with van der Waals surface area (Å²) in [4.78, 5) is 12.8. The number of ether oxygens (including phenoxy) is 3. The molecule has 0 fully saturated rings. The standard InChI is InChI=1S/C22H29N3O6S/c1-7-19(16-8-13-20(30-4)21(14-16)31-5)23-24-22(26)15(2)25(32(6,27)28)17-9-11-18(29-3)12-10-17/h8-15H,7H2,1-6H3,(H,24,26). The second-order valence-corrected chi connectivity index (χ2v) is 8.75. The summed E-state index contributed by atoms with van der Waals surface area (Å²) >= 11 is 0. The monoisotopic (exact) mass is 463 g/mol. The fourth-order valence-corrected chi connectivity index (χ4v) is 4.29. The molecule has 0 aromatic heterocycles. The van der Waals surface area contributed by atoms with Crippen molar-refractivity contribution in [3.8, 4) is 17.2 Å². The minimum Gasteiger partial charge on any atom is -0.497 e. The normalized spacial score (nSPS) is 12.6. The van der Waals surface area contributed by atoms with E-state index in [0.717, 1.165) is 16.1 Å². The second kappa shape index (κ2) is 10.9. The number of methoxy groups -OCH3 is 3. The van der Waals surface area contributed by atoms with Crippen molar-refractivity contribution in [2.75, 3.05) is 31.9 Å². The number of hydrogen-bond acceptors (Lipinski definition) is 7. The molecule has 10 heteroatoms. The van der Waals surface area contributed by atoms with Crippen LogP contribution in [-0.4, -0.2) is 53.7 Å². The van der Waals surface area contributed by atoms with Gasteiger partial charge in [0.25, 0.3) is 5.91 Å². The molecule has 0 spiro atoms. The van der Waals surface area contributed by atoms with Crippen molar-refractivity contribution in [3.05, 3.63) is 48.0 Å². The fraction of sp³-hybridized carbons (Fsp3) is 0.364. The zero-order valence-electron chi connectivity index (χ0n) is 19.1. The number of hydrazone groups is 1. The van der Waals surface area contributed by atoms with Gasteiger partial charge in [0.1, 0.15) is 11.8 Å². The Morgan fingerprint density at radius 1 is 1.03 bits per heavy atom. The number of anilines is 1. The zero-order chi connectivity index (χ0) is 23.9. The molecule has 2 rings (SSSR count). The number of nitrogens with one attached hydrogen (secondary N) is 1. The first-order valence-corrected chi connectivity index (χ1v) is 11.7. The lowest BCUT2D eigenvalue weighted by molar-refractivity contribution is -0.121. The average Bonchev–Trinajstić information content (AvgIpc) is 2.78. The molecule has 1 atom stereocenters. The van der Waals surface area contributed by atoms with Crippen LogP contribution in [0.15, 0.2) is 47.6 Å². The first kappa shape index (κ1) is 25.0. The van der Waals surface area contributed by atoms with Crippen LogP contribution < -0.4 is 23.9 Å². The lowest BCUT2D eigenvalue weighted by atomic mass is 10.1. The van der Waals surface area contributed by atoms with Crippen molar-refractivity contribution in [1.82, 2.24) is 5.43 Å². The van der Waals surface area contributed by atoms with Crippen molar-refractivity contribution in [1.29, 1.82) is 0 Å². The number of amides is 1. The smallest absolute Gasteiger partial charge is 0.263 e. The van der Waals surface area contributed by atoms with E-state index >= 15 is 0 Å². The van der Waals surface area contributed by atoms with Crippen LogP contribution in [0.1, 0.15) is 25.8 Å². The minimum atomic E-state index is -3.74. The fourth-order valence-electron chi connectivity index (χ4n) is 3.12. The van der Waals surface area contributed by atoms with Crippen LogP contribution in [-0.2, 0) is 14.8 Å². The molecule has 0 radical (unpaired) electrons. The van der Waals surface area contributed by atoms with Crippen LogP contribution in [0.5, 0.6) is 17.2 Å². The molecule has 0 saturated carbocycles. The third-order valence-corrected chi connectivity index (χ3v) is 6.01. The Bertz CT molecular complexity index is 1070. The third kappa shape index (κ3) is 5.91. The van der Waals surface area contributed by atoms with E-state index in [1.165, 1.54) is 21.1 Å². The van der Waals surface area contributed by atoms with Crippen molar-refractivity contribution >= 4 is 27.3 Å². The van der Waals surface area contributed by atoms with Gasteiger partial charge in [-0.2, -0.15) is 5.10 Å². The van der Waals surface area contributed by atoms with E-state index in [1.54, 1.807) is 49.6 Å². The molecule has 1 unspecified atom stereocenters. The summed E-state index contributed by atoms with van der Waals surface area (Å²) in [5.41, 5.74) is 4.17. The summed E-state index contributed by atoms with van der Waals surface area (Å²) in [6.45, 7) is 3.39. The van der Waals surface area contributed by atoms with E-state index in [-0.39, 0.29) is 0 Å². The number of nitrogens with zero attached hydrogens (tertiary/aromatic N) is 2. The third-order valence-electron chi connectivity index (χ3n) is 4.77. The van der Waals surface area contributed by atoms with Crippen LogP contribution in [0.3, 0.4) is 0 Å². The largest absolute Gasteiger partial charge is 0.497 e. The van der Waals surface area contributed by atoms with Crippen LogP contribution in [0.25, 0.3) is 0 Å². The van der Waals surface area contributed by atoms with Gasteiger partial charge >= 0.3 is 0 Å². The Labute approximate surface area is 189 Å². The Kier molecular flexibility index (Phi) is 8.48. The highest BCUT2D eigenvalue weighted by Gasteiger charge is 2.29. The average molecular weight is 464 g/mol. The summed E-state index contributed by atoms with van der Waals surface area (Å²) in [6.07, 6.45) is 1.57. The molecule has 1 amide bonds. The predicted octanol–water partition coefficient (Wildman–Crippen LogP) is 2.80. The van der Waals surface area contributed by atoms with Gasteiger partial charge in [-0.05, 0) is 55.8 Å². The number of hydrogen-bond donors (Lipinski definition) is 1. The molecule has 0 saturated heterocycles. The van der Waals surface area contributed by atoms with Gasteiger partial charge in [0.2, 0.25) is 10.0 Å². The summed E-state index contributed by atoms with van der Waals surface area (Å²) in [7, 11) is 0.853. The molecule has 0 aliphatic rings. The lowest BCUT2D eigenvalue weighted by Gasteiger charge is -2.27. The van der Waals surface area contributed by atoms with Gasteiger partial charge in [0, 0.05) is 5.56 Å². The summed E-state index contributed by atoms with van der Waals surface area (Å²) < 4.78 is 41.6. The predicted molar refractivity (Wildman–Crippen MR) is 124 cm³/mol. The quantitative estimate of drug-likeness (QED) is 0.429. The Balaban J connectivity index is 2.28. The molecule has 2 aromatic carbocycles. The zero-order valence-corrected chi connectivity index (χ0v) is 19.9. The topological polar surface area (TPSA) is 107 Å². The first-order chi connectivity index (χ1) is 15.2. The van der Waals surface area contributed by atoms with Crippen molar-refractivity contribution in [3.63, 3.8) is 0 Å². The number of carbonyl (C=O) groups is 1. The van der Waals surface area contributed by atoms with Gasteiger partial charge in [-0.25, -0.2) is 13.8 Å². The molecule has 9 nitrogen and oxygen atoms in total. The Hall–Kier alpha value is -3.27.